The van der Waals surface area contributed by atoms with E-state index in [0.29, 0.717) is 17.0 Å². The highest BCUT2D eigenvalue weighted by atomic mass is 16.1. The van der Waals surface area contributed by atoms with Crippen LogP contribution in [-0.4, -0.2) is 30.6 Å². The van der Waals surface area contributed by atoms with Crippen molar-refractivity contribution in [1.82, 2.24) is 24.7 Å². The molecule has 7 nitrogen and oxygen atoms in total. The van der Waals surface area contributed by atoms with Gasteiger partial charge in [0.1, 0.15) is 5.69 Å². The number of nitrogens with zero attached hydrogens (tertiary/aromatic N) is 5. The van der Waals surface area contributed by atoms with Gasteiger partial charge in [0.2, 0.25) is 0 Å². The van der Waals surface area contributed by atoms with Gasteiger partial charge in [0.15, 0.2) is 5.82 Å². The molecule has 0 fully saturated rings. The molecule has 4 aromatic rings. The maximum atomic E-state index is 12.5. The zero-order valence-corrected chi connectivity index (χ0v) is 12.5. The number of fused-ring (bicyclic) bond motifs is 1. The van der Waals surface area contributed by atoms with Crippen LogP contribution in [0.4, 0.5) is 5.69 Å². The summed E-state index contributed by atoms with van der Waals surface area (Å²) in [5, 5.41) is 6.96. The molecule has 0 aliphatic carbocycles. The molecule has 116 valence electrons. The van der Waals surface area contributed by atoms with Crippen LogP contribution in [0.2, 0.25) is 0 Å². The van der Waals surface area contributed by atoms with Crippen molar-refractivity contribution in [2.75, 3.05) is 5.32 Å². The van der Waals surface area contributed by atoms with Crippen LogP contribution < -0.4 is 5.32 Å². The van der Waals surface area contributed by atoms with Gasteiger partial charge in [0, 0.05) is 18.6 Å². The van der Waals surface area contributed by atoms with Gasteiger partial charge < -0.3 is 5.32 Å². The van der Waals surface area contributed by atoms with Gasteiger partial charge in [-0.1, -0.05) is 12.1 Å². The zero-order chi connectivity index (χ0) is 16.4. The summed E-state index contributed by atoms with van der Waals surface area (Å²) in [4.78, 5) is 25.4. The number of carbonyl (C=O) groups excluding carboxylic acids is 1. The number of para-hydroxylation sites is 2. The number of pyridine rings is 1. The molecule has 0 aliphatic rings. The SMILES string of the molecule is O=C(Nc1cccnc1-n1cccn1)c1cnc2ccccc2n1. The molecule has 7 heteroatoms. The molecule has 0 aliphatic heterocycles. The molecule has 3 heterocycles. The van der Waals surface area contributed by atoms with E-state index in [-0.39, 0.29) is 11.6 Å². The molecule has 4 rings (SSSR count). The van der Waals surface area contributed by atoms with Crippen LogP contribution in [0, 0.1) is 0 Å². The first-order valence-electron chi connectivity index (χ1n) is 7.29. The third-order valence-corrected chi connectivity index (χ3v) is 3.44. The standard InChI is InChI=1S/C17H12N6O/c24-17(15-11-19-12-5-1-2-6-13(12)21-15)22-14-7-3-8-18-16(14)23-10-4-9-20-23/h1-11H,(H,22,24). The average molecular weight is 316 g/mol. The van der Waals surface area contributed by atoms with E-state index in [1.54, 1.807) is 41.5 Å². The first kappa shape index (κ1) is 14.0. The number of anilines is 1. The lowest BCUT2D eigenvalue weighted by Gasteiger charge is -2.09. The van der Waals surface area contributed by atoms with Crippen LogP contribution in [0.25, 0.3) is 16.9 Å². The molecular weight excluding hydrogens is 304 g/mol. The molecule has 1 N–H and O–H groups in total. The number of hydrogen-bond acceptors (Lipinski definition) is 5. The van der Waals surface area contributed by atoms with Crippen LogP contribution in [0.5, 0.6) is 0 Å². The van der Waals surface area contributed by atoms with Crippen molar-refractivity contribution in [3.63, 3.8) is 0 Å². The Morgan fingerprint density at radius 3 is 2.67 bits per heavy atom. The number of hydrogen-bond donors (Lipinski definition) is 1. The fourth-order valence-corrected chi connectivity index (χ4v) is 2.32. The summed E-state index contributed by atoms with van der Waals surface area (Å²) < 4.78 is 1.59. The summed E-state index contributed by atoms with van der Waals surface area (Å²) in [7, 11) is 0. The largest absolute Gasteiger partial charge is 0.317 e. The lowest BCUT2D eigenvalue weighted by Crippen LogP contribution is -2.16. The quantitative estimate of drug-likeness (QED) is 0.627. The molecule has 1 aromatic carbocycles. The molecule has 0 saturated carbocycles. The number of benzene rings is 1. The summed E-state index contributed by atoms with van der Waals surface area (Å²) in [5.74, 6) is 0.180. The fraction of sp³-hybridized carbons (Fsp3) is 0. The van der Waals surface area contributed by atoms with Gasteiger partial charge >= 0.3 is 0 Å². The summed E-state index contributed by atoms with van der Waals surface area (Å²) in [6.45, 7) is 0. The van der Waals surface area contributed by atoms with Crippen LogP contribution in [0.1, 0.15) is 10.5 Å². The fourth-order valence-electron chi connectivity index (χ4n) is 2.32. The summed E-state index contributed by atoms with van der Waals surface area (Å²) in [6.07, 6.45) is 6.51. The van der Waals surface area contributed by atoms with Gasteiger partial charge in [-0.15, -0.1) is 0 Å². The zero-order valence-electron chi connectivity index (χ0n) is 12.5. The van der Waals surface area contributed by atoms with E-state index in [1.165, 1.54) is 6.20 Å². The lowest BCUT2D eigenvalue weighted by molar-refractivity contribution is 0.102. The van der Waals surface area contributed by atoms with Crippen molar-refractivity contribution in [2.45, 2.75) is 0 Å². The van der Waals surface area contributed by atoms with E-state index < -0.39 is 0 Å². The highest BCUT2D eigenvalue weighted by molar-refractivity contribution is 6.04. The third kappa shape index (κ3) is 2.58. The van der Waals surface area contributed by atoms with E-state index in [2.05, 4.69) is 25.4 Å². The molecule has 3 aromatic heterocycles. The summed E-state index contributed by atoms with van der Waals surface area (Å²) >= 11 is 0. The van der Waals surface area contributed by atoms with Gasteiger partial charge in [0.25, 0.3) is 5.91 Å². The van der Waals surface area contributed by atoms with E-state index in [9.17, 15) is 4.79 Å². The highest BCUT2D eigenvalue weighted by Crippen LogP contribution is 2.17. The minimum atomic E-state index is -0.352. The van der Waals surface area contributed by atoms with E-state index in [0.717, 1.165) is 5.52 Å². The minimum Gasteiger partial charge on any atom is -0.317 e. The smallest absolute Gasteiger partial charge is 0.275 e. The normalized spacial score (nSPS) is 10.7. The first-order chi connectivity index (χ1) is 11.8. The Bertz CT molecular complexity index is 1010. The Labute approximate surface area is 137 Å². The average Bonchev–Trinajstić information content (AvgIpc) is 3.16. The Morgan fingerprint density at radius 1 is 0.958 bits per heavy atom. The third-order valence-electron chi connectivity index (χ3n) is 3.44. The number of carbonyl (C=O) groups is 1. The highest BCUT2D eigenvalue weighted by Gasteiger charge is 2.13. The number of rotatable bonds is 3. The molecule has 1 amide bonds. The van der Waals surface area contributed by atoms with Crippen LogP contribution >= 0.6 is 0 Å². The number of amides is 1. The molecule has 0 saturated heterocycles. The van der Waals surface area contributed by atoms with Gasteiger partial charge in [-0.3, -0.25) is 9.78 Å². The van der Waals surface area contributed by atoms with E-state index in [1.807, 2.05) is 24.3 Å². The molecule has 0 bridgehead atoms. The van der Waals surface area contributed by atoms with Gasteiger partial charge in [-0.05, 0) is 30.3 Å². The second-order valence-electron chi connectivity index (χ2n) is 5.02. The number of nitrogens with one attached hydrogen (secondary N) is 1. The Balaban J connectivity index is 1.66. The van der Waals surface area contributed by atoms with Gasteiger partial charge in [-0.25, -0.2) is 14.6 Å². The minimum absolute atomic E-state index is 0.240. The van der Waals surface area contributed by atoms with Crippen molar-refractivity contribution >= 4 is 22.6 Å². The number of aromatic nitrogens is 5. The van der Waals surface area contributed by atoms with Crippen molar-refractivity contribution in [1.29, 1.82) is 0 Å². The molecule has 0 spiro atoms. The summed E-state index contributed by atoms with van der Waals surface area (Å²) in [6, 6.07) is 12.7. The van der Waals surface area contributed by atoms with Crippen molar-refractivity contribution in [3.05, 3.63) is 72.9 Å². The Morgan fingerprint density at radius 2 is 1.83 bits per heavy atom. The molecular formula is C17H12N6O. The predicted octanol–water partition coefficient (Wildman–Crippen LogP) is 2.46. The monoisotopic (exact) mass is 316 g/mol. The van der Waals surface area contributed by atoms with Crippen molar-refractivity contribution in [2.24, 2.45) is 0 Å². The van der Waals surface area contributed by atoms with Crippen molar-refractivity contribution < 1.29 is 4.79 Å². The molecule has 24 heavy (non-hydrogen) atoms. The van der Waals surface area contributed by atoms with E-state index in [4.69, 9.17) is 0 Å². The first-order valence-corrected chi connectivity index (χ1v) is 7.29. The maximum absolute atomic E-state index is 12.5. The summed E-state index contributed by atoms with van der Waals surface area (Å²) in [5.41, 5.74) is 2.20. The van der Waals surface area contributed by atoms with Crippen LogP contribution in [0.3, 0.4) is 0 Å². The Kier molecular flexibility index (Phi) is 3.43. The molecule has 0 radical (unpaired) electrons. The van der Waals surface area contributed by atoms with Gasteiger partial charge in [-0.2, -0.15) is 5.10 Å². The second-order valence-corrected chi connectivity index (χ2v) is 5.02. The van der Waals surface area contributed by atoms with Crippen LogP contribution in [-0.2, 0) is 0 Å². The predicted molar refractivity (Wildman–Crippen MR) is 88.9 cm³/mol. The van der Waals surface area contributed by atoms with Gasteiger partial charge in [0.05, 0.1) is 22.9 Å². The second kappa shape index (κ2) is 5.88. The van der Waals surface area contributed by atoms with Crippen LogP contribution in [0.15, 0.2) is 67.3 Å². The lowest BCUT2D eigenvalue weighted by atomic mass is 10.3. The molecule has 0 atom stereocenters. The Hall–Kier alpha value is -3.61. The molecule has 0 unspecified atom stereocenters. The van der Waals surface area contributed by atoms with E-state index >= 15 is 0 Å². The topological polar surface area (TPSA) is 85.6 Å². The maximum Gasteiger partial charge on any atom is 0.275 e. The van der Waals surface area contributed by atoms with Crippen molar-refractivity contribution in [3.8, 4) is 5.82 Å².